The summed E-state index contributed by atoms with van der Waals surface area (Å²) in [6, 6.07) is 10.5. The molecule has 1 amide bonds. The molecule has 0 saturated heterocycles. The van der Waals surface area contributed by atoms with Gasteiger partial charge in [-0.2, -0.15) is 0 Å². The number of nitrogens with zero attached hydrogens (tertiary/aromatic N) is 2. The maximum absolute atomic E-state index is 11.0. The molecule has 0 aliphatic heterocycles. The minimum atomic E-state index is -0.530. The van der Waals surface area contributed by atoms with E-state index >= 15 is 0 Å². The first-order valence-electron chi connectivity index (χ1n) is 5.82. The molecule has 2 rings (SSSR count). The molecular formula is C13H15N5O. The van der Waals surface area contributed by atoms with Crippen molar-refractivity contribution in [2.75, 3.05) is 11.1 Å². The fraction of sp³-hybridized carbons (Fsp3) is 0.154. The van der Waals surface area contributed by atoms with Gasteiger partial charge in [0.25, 0.3) is 0 Å². The average molecular weight is 257 g/mol. The molecule has 6 nitrogen and oxygen atoms in total. The number of rotatable bonds is 4. The molecule has 0 saturated carbocycles. The van der Waals surface area contributed by atoms with Crippen molar-refractivity contribution in [3.05, 3.63) is 36.4 Å². The van der Waals surface area contributed by atoms with Gasteiger partial charge in [0.15, 0.2) is 5.82 Å². The van der Waals surface area contributed by atoms with Crippen LogP contribution < -0.4 is 16.8 Å². The Labute approximate surface area is 110 Å². The van der Waals surface area contributed by atoms with Crippen LogP contribution in [0.1, 0.15) is 6.92 Å². The second-order valence-corrected chi connectivity index (χ2v) is 4.14. The summed E-state index contributed by atoms with van der Waals surface area (Å²) in [6.45, 7) is 1.66. The number of nitrogens with two attached hydrogens (primary N) is 2. The lowest BCUT2D eigenvalue weighted by Crippen LogP contribution is -2.32. The zero-order valence-electron chi connectivity index (χ0n) is 10.5. The fourth-order valence-electron chi connectivity index (χ4n) is 1.55. The number of hydrogen-bond donors (Lipinski definition) is 3. The van der Waals surface area contributed by atoms with Gasteiger partial charge in [0.2, 0.25) is 5.91 Å². The van der Waals surface area contributed by atoms with Gasteiger partial charge in [-0.25, -0.2) is 9.97 Å². The summed E-state index contributed by atoms with van der Waals surface area (Å²) < 4.78 is 0. The lowest BCUT2D eigenvalue weighted by Gasteiger charge is -2.12. The smallest absolute Gasteiger partial charge is 0.239 e. The van der Waals surface area contributed by atoms with E-state index in [1.165, 1.54) is 0 Å². The summed E-state index contributed by atoms with van der Waals surface area (Å²) in [5.74, 6) is 0.837. The van der Waals surface area contributed by atoms with Gasteiger partial charge in [0, 0.05) is 11.6 Å². The number of aromatic nitrogens is 2. The van der Waals surface area contributed by atoms with E-state index in [9.17, 15) is 4.79 Å². The van der Waals surface area contributed by atoms with Crippen LogP contribution in [0.4, 0.5) is 11.6 Å². The monoisotopic (exact) mass is 257 g/mol. The maximum Gasteiger partial charge on any atom is 0.239 e. The van der Waals surface area contributed by atoms with Crippen LogP contribution in [-0.2, 0) is 4.79 Å². The Morgan fingerprint density at radius 3 is 2.58 bits per heavy atom. The van der Waals surface area contributed by atoms with Crippen molar-refractivity contribution in [1.29, 1.82) is 0 Å². The predicted octanol–water partition coefficient (Wildman–Crippen LogP) is 1.01. The van der Waals surface area contributed by atoms with Crippen LogP contribution in [0.2, 0.25) is 0 Å². The number of primary amides is 1. The number of carbonyl (C=O) groups excluding carboxylic acids is 1. The summed E-state index contributed by atoms with van der Waals surface area (Å²) in [7, 11) is 0. The van der Waals surface area contributed by atoms with Crippen molar-refractivity contribution in [3.8, 4) is 11.4 Å². The van der Waals surface area contributed by atoms with Gasteiger partial charge in [-0.1, -0.05) is 30.3 Å². The normalized spacial score (nSPS) is 11.8. The maximum atomic E-state index is 11.0. The van der Waals surface area contributed by atoms with Gasteiger partial charge in [0.1, 0.15) is 17.7 Å². The van der Waals surface area contributed by atoms with Gasteiger partial charge in [-0.3, -0.25) is 4.79 Å². The Morgan fingerprint density at radius 2 is 1.95 bits per heavy atom. The molecule has 19 heavy (non-hydrogen) atoms. The molecule has 0 radical (unpaired) electrons. The van der Waals surface area contributed by atoms with Crippen molar-refractivity contribution in [3.63, 3.8) is 0 Å². The summed E-state index contributed by atoms with van der Waals surface area (Å²) in [4.78, 5) is 19.5. The summed E-state index contributed by atoms with van der Waals surface area (Å²) in [5.41, 5.74) is 11.8. The molecule has 1 heterocycles. The number of amides is 1. The van der Waals surface area contributed by atoms with E-state index in [-0.39, 0.29) is 0 Å². The second kappa shape index (κ2) is 5.34. The first-order valence-corrected chi connectivity index (χ1v) is 5.82. The van der Waals surface area contributed by atoms with E-state index in [2.05, 4.69) is 15.3 Å². The fourth-order valence-corrected chi connectivity index (χ4v) is 1.55. The highest BCUT2D eigenvalue weighted by molar-refractivity contribution is 5.82. The highest BCUT2D eigenvalue weighted by Gasteiger charge is 2.11. The Kier molecular flexibility index (Phi) is 3.61. The molecular weight excluding hydrogens is 242 g/mol. The van der Waals surface area contributed by atoms with Gasteiger partial charge >= 0.3 is 0 Å². The van der Waals surface area contributed by atoms with Crippen molar-refractivity contribution in [2.45, 2.75) is 13.0 Å². The first kappa shape index (κ1) is 12.8. The first-order chi connectivity index (χ1) is 9.06. The van der Waals surface area contributed by atoms with Crippen molar-refractivity contribution in [1.82, 2.24) is 9.97 Å². The van der Waals surface area contributed by atoms with Crippen LogP contribution in [0.3, 0.4) is 0 Å². The predicted molar refractivity (Wildman–Crippen MR) is 74.2 cm³/mol. The molecule has 1 unspecified atom stereocenters. The number of nitrogen functional groups attached to an aromatic ring is 1. The van der Waals surface area contributed by atoms with E-state index in [1.807, 2.05) is 30.3 Å². The van der Waals surface area contributed by atoms with E-state index in [0.717, 1.165) is 5.56 Å². The van der Waals surface area contributed by atoms with E-state index in [0.29, 0.717) is 17.5 Å². The minimum absolute atomic E-state index is 0.327. The van der Waals surface area contributed by atoms with Crippen LogP contribution in [0.15, 0.2) is 36.4 Å². The van der Waals surface area contributed by atoms with Gasteiger partial charge in [0.05, 0.1) is 0 Å². The van der Waals surface area contributed by atoms with Crippen LogP contribution >= 0.6 is 0 Å². The molecule has 0 spiro atoms. The molecule has 0 bridgehead atoms. The summed E-state index contributed by atoms with van der Waals surface area (Å²) in [6.07, 6.45) is 0. The third kappa shape index (κ3) is 3.19. The number of nitrogens with one attached hydrogen (secondary N) is 1. The number of carbonyl (C=O) groups is 1. The molecule has 1 aromatic carbocycles. The molecule has 5 N–H and O–H groups in total. The van der Waals surface area contributed by atoms with Crippen LogP contribution in [0.25, 0.3) is 11.4 Å². The highest BCUT2D eigenvalue weighted by atomic mass is 16.1. The Hall–Kier alpha value is -2.63. The van der Waals surface area contributed by atoms with Gasteiger partial charge < -0.3 is 16.8 Å². The third-order valence-corrected chi connectivity index (χ3v) is 2.57. The summed E-state index contributed by atoms with van der Waals surface area (Å²) in [5, 5.41) is 2.89. The standard InChI is InChI=1S/C13H15N5O/c1-8(12(15)19)16-11-7-10(14)17-13(18-11)9-5-3-2-4-6-9/h2-8H,1H3,(H2,15,19)(H3,14,16,17,18). The average Bonchev–Trinajstić information content (AvgIpc) is 2.39. The lowest BCUT2D eigenvalue weighted by molar-refractivity contribution is -0.118. The van der Waals surface area contributed by atoms with Crippen molar-refractivity contribution in [2.24, 2.45) is 5.73 Å². The quantitative estimate of drug-likeness (QED) is 0.757. The molecule has 2 aromatic rings. The number of hydrogen-bond acceptors (Lipinski definition) is 5. The van der Waals surface area contributed by atoms with Crippen molar-refractivity contribution >= 4 is 17.5 Å². The third-order valence-electron chi connectivity index (χ3n) is 2.57. The van der Waals surface area contributed by atoms with Gasteiger partial charge in [-0.15, -0.1) is 0 Å². The molecule has 98 valence electrons. The Morgan fingerprint density at radius 1 is 1.26 bits per heavy atom. The molecule has 1 aromatic heterocycles. The lowest BCUT2D eigenvalue weighted by atomic mass is 10.2. The largest absolute Gasteiger partial charge is 0.384 e. The Balaban J connectivity index is 2.32. The molecule has 0 aliphatic rings. The topological polar surface area (TPSA) is 107 Å². The second-order valence-electron chi connectivity index (χ2n) is 4.14. The van der Waals surface area contributed by atoms with Crippen LogP contribution in [0.5, 0.6) is 0 Å². The molecule has 6 heteroatoms. The number of benzene rings is 1. The zero-order valence-corrected chi connectivity index (χ0v) is 10.5. The molecule has 1 atom stereocenters. The van der Waals surface area contributed by atoms with Crippen LogP contribution in [-0.4, -0.2) is 21.9 Å². The van der Waals surface area contributed by atoms with E-state index in [4.69, 9.17) is 11.5 Å². The highest BCUT2D eigenvalue weighted by Crippen LogP contribution is 2.18. The molecule has 0 aliphatic carbocycles. The Bertz CT molecular complexity index is 585. The van der Waals surface area contributed by atoms with E-state index in [1.54, 1.807) is 13.0 Å². The molecule has 0 fully saturated rings. The van der Waals surface area contributed by atoms with Crippen LogP contribution in [0, 0.1) is 0 Å². The van der Waals surface area contributed by atoms with Crippen molar-refractivity contribution < 1.29 is 4.79 Å². The van der Waals surface area contributed by atoms with E-state index < -0.39 is 11.9 Å². The zero-order chi connectivity index (χ0) is 13.8. The minimum Gasteiger partial charge on any atom is -0.384 e. The van der Waals surface area contributed by atoms with Gasteiger partial charge in [-0.05, 0) is 6.92 Å². The summed E-state index contributed by atoms with van der Waals surface area (Å²) >= 11 is 0. The SMILES string of the molecule is CC(Nc1cc(N)nc(-c2ccccc2)n1)C(N)=O. The number of anilines is 2.